The van der Waals surface area contributed by atoms with Gasteiger partial charge in [-0.1, -0.05) is 6.08 Å². The normalized spacial score (nSPS) is 11.4. The van der Waals surface area contributed by atoms with E-state index in [1.165, 1.54) is 7.11 Å². The molecule has 0 unspecified atom stereocenters. The van der Waals surface area contributed by atoms with Gasteiger partial charge in [0.05, 0.1) is 13.7 Å². The third-order valence-electron chi connectivity index (χ3n) is 2.44. The molecular weight excluding hydrogens is 232 g/mol. The third kappa shape index (κ3) is 6.08. The minimum atomic E-state index is -0.362. The minimum absolute atomic E-state index is 0.0540. The number of ether oxygens (including phenoxy) is 1. The summed E-state index contributed by atoms with van der Waals surface area (Å²) in [4.78, 5) is 24.4. The molecule has 0 atom stereocenters. The molecule has 0 radical (unpaired) electrons. The van der Waals surface area contributed by atoms with Crippen LogP contribution in [0.3, 0.4) is 0 Å². The van der Waals surface area contributed by atoms with Gasteiger partial charge in [0.25, 0.3) is 0 Å². The number of allylic oxidation sites excluding steroid dienone is 2. The van der Waals surface area contributed by atoms with E-state index in [-0.39, 0.29) is 18.4 Å². The van der Waals surface area contributed by atoms with Gasteiger partial charge in [-0.15, -0.1) is 0 Å². The Morgan fingerprint density at radius 2 is 1.89 bits per heavy atom. The van der Waals surface area contributed by atoms with Crippen LogP contribution in [-0.2, 0) is 14.3 Å². The molecule has 0 saturated heterocycles. The molecule has 0 saturated carbocycles. The molecule has 0 fully saturated rings. The first-order chi connectivity index (χ1) is 8.56. The molecule has 1 N–H and O–H groups in total. The average molecular weight is 254 g/mol. The summed E-state index contributed by atoms with van der Waals surface area (Å²) in [5.74, 6) is -0.308. The van der Waals surface area contributed by atoms with Crippen molar-refractivity contribution in [2.75, 3.05) is 26.7 Å². The monoisotopic (exact) mass is 254 g/mol. The fourth-order valence-corrected chi connectivity index (χ4v) is 1.32. The number of carbonyl (C=O) groups is 2. The second-order valence-corrected chi connectivity index (χ2v) is 3.65. The number of likely N-dealkylation sites (N-methyl/N-ethyl adjacent to an activating group) is 1. The van der Waals surface area contributed by atoms with Gasteiger partial charge >= 0.3 is 5.97 Å². The summed E-state index contributed by atoms with van der Waals surface area (Å²) in [6.07, 6.45) is 4.93. The van der Waals surface area contributed by atoms with Gasteiger partial charge in [0.2, 0.25) is 5.91 Å². The Labute approximate surface area is 108 Å². The van der Waals surface area contributed by atoms with Crippen LogP contribution in [0, 0.1) is 0 Å². The summed E-state index contributed by atoms with van der Waals surface area (Å²) in [7, 11) is 1.34. The van der Waals surface area contributed by atoms with Crippen LogP contribution in [0.4, 0.5) is 0 Å². The maximum absolute atomic E-state index is 11.6. The average Bonchev–Trinajstić information content (AvgIpc) is 2.38. The molecule has 18 heavy (non-hydrogen) atoms. The number of nitrogens with zero attached hydrogens (tertiary/aromatic N) is 1. The zero-order valence-corrected chi connectivity index (χ0v) is 11.5. The van der Waals surface area contributed by atoms with E-state index in [0.717, 1.165) is 0 Å². The zero-order chi connectivity index (χ0) is 14.0. The van der Waals surface area contributed by atoms with Crippen LogP contribution in [0.15, 0.2) is 23.9 Å². The molecule has 0 bridgehead atoms. The van der Waals surface area contributed by atoms with Gasteiger partial charge in [0, 0.05) is 18.7 Å². The fourth-order valence-electron chi connectivity index (χ4n) is 1.32. The lowest BCUT2D eigenvalue weighted by Gasteiger charge is -2.18. The molecule has 0 aliphatic rings. The first kappa shape index (κ1) is 16.2. The number of nitrogens with one attached hydrogen (secondary N) is 1. The lowest BCUT2D eigenvalue weighted by molar-refractivity contribution is -0.136. The Balaban J connectivity index is 4.05. The summed E-state index contributed by atoms with van der Waals surface area (Å²) in [5, 5.41) is 2.88. The van der Waals surface area contributed by atoms with Crippen molar-refractivity contribution in [2.45, 2.75) is 20.8 Å². The maximum Gasteiger partial charge on any atom is 0.333 e. The lowest BCUT2D eigenvalue weighted by atomic mass is 10.3. The number of esters is 1. The highest BCUT2D eigenvalue weighted by Gasteiger charge is 2.06. The Bertz CT molecular complexity index is 331. The van der Waals surface area contributed by atoms with Crippen LogP contribution >= 0.6 is 0 Å². The molecule has 0 spiro atoms. The topological polar surface area (TPSA) is 58.6 Å². The zero-order valence-electron chi connectivity index (χ0n) is 11.5. The number of rotatable bonds is 7. The van der Waals surface area contributed by atoms with Crippen molar-refractivity contribution in [1.29, 1.82) is 0 Å². The molecule has 5 nitrogen and oxygen atoms in total. The summed E-state index contributed by atoms with van der Waals surface area (Å²) < 4.78 is 4.55. The lowest BCUT2D eigenvalue weighted by Crippen LogP contribution is -2.36. The van der Waals surface area contributed by atoms with Crippen molar-refractivity contribution in [1.82, 2.24) is 10.2 Å². The maximum atomic E-state index is 11.6. The Hall–Kier alpha value is -1.78. The van der Waals surface area contributed by atoms with Crippen molar-refractivity contribution in [3.63, 3.8) is 0 Å². The molecule has 5 heteroatoms. The number of methoxy groups -OCH3 is 1. The van der Waals surface area contributed by atoms with E-state index in [1.54, 1.807) is 30.2 Å². The van der Waals surface area contributed by atoms with Gasteiger partial charge < -0.3 is 15.0 Å². The molecule has 1 amide bonds. The van der Waals surface area contributed by atoms with E-state index in [1.807, 2.05) is 13.8 Å². The highest BCUT2D eigenvalue weighted by atomic mass is 16.5. The number of carbonyl (C=O) groups excluding carboxylic acids is 2. The molecule has 0 aliphatic heterocycles. The molecule has 0 aromatic carbocycles. The summed E-state index contributed by atoms with van der Waals surface area (Å²) in [6, 6.07) is 0. The number of amides is 1. The Morgan fingerprint density at radius 3 is 2.39 bits per heavy atom. The van der Waals surface area contributed by atoms with E-state index >= 15 is 0 Å². The number of hydrogen-bond acceptors (Lipinski definition) is 4. The van der Waals surface area contributed by atoms with Crippen LogP contribution in [0.5, 0.6) is 0 Å². The highest BCUT2D eigenvalue weighted by molar-refractivity contribution is 5.87. The molecule has 0 aromatic rings. The Kier molecular flexibility index (Phi) is 8.35. The standard InChI is InChI=1S/C13H22N2O3/c1-5-15(6-2)12(16)10-14-9-7-8-11(3)13(17)18-4/h7-9,14H,5-6,10H2,1-4H3/b9-7-,11-8+. The van der Waals surface area contributed by atoms with Gasteiger partial charge in [-0.2, -0.15) is 0 Å². The van der Waals surface area contributed by atoms with Crippen LogP contribution in [0.2, 0.25) is 0 Å². The molecule has 0 rings (SSSR count). The van der Waals surface area contributed by atoms with Crippen LogP contribution in [-0.4, -0.2) is 43.5 Å². The SMILES string of the molecule is CCN(CC)C(=O)CN/C=C\C=C(/C)C(=O)OC. The van der Waals surface area contributed by atoms with Crippen molar-refractivity contribution < 1.29 is 14.3 Å². The quantitative estimate of drug-likeness (QED) is 0.419. The van der Waals surface area contributed by atoms with Gasteiger partial charge in [0.1, 0.15) is 0 Å². The van der Waals surface area contributed by atoms with Crippen LogP contribution in [0.25, 0.3) is 0 Å². The van der Waals surface area contributed by atoms with Crippen LogP contribution in [0.1, 0.15) is 20.8 Å². The minimum Gasteiger partial charge on any atom is -0.466 e. The highest BCUT2D eigenvalue weighted by Crippen LogP contribution is 1.95. The largest absolute Gasteiger partial charge is 0.466 e. The molecule has 0 heterocycles. The van der Waals surface area contributed by atoms with Crippen molar-refractivity contribution in [3.05, 3.63) is 23.9 Å². The predicted octanol–water partition coefficient (Wildman–Crippen LogP) is 1.08. The van der Waals surface area contributed by atoms with E-state index in [4.69, 9.17) is 0 Å². The van der Waals surface area contributed by atoms with E-state index in [0.29, 0.717) is 18.7 Å². The molecule has 102 valence electrons. The second kappa shape index (κ2) is 9.27. The summed E-state index contributed by atoms with van der Waals surface area (Å²) in [6.45, 7) is 7.23. The Morgan fingerprint density at radius 1 is 1.28 bits per heavy atom. The summed E-state index contributed by atoms with van der Waals surface area (Å²) in [5.41, 5.74) is 0.505. The van der Waals surface area contributed by atoms with E-state index in [2.05, 4.69) is 10.1 Å². The smallest absolute Gasteiger partial charge is 0.333 e. The summed E-state index contributed by atoms with van der Waals surface area (Å²) >= 11 is 0. The first-order valence-corrected chi connectivity index (χ1v) is 5.99. The molecule has 0 aliphatic carbocycles. The molecule has 0 aromatic heterocycles. The van der Waals surface area contributed by atoms with Crippen molar-refractivity contribution >= 4 is 11.9 Å². The number of hydrogen-bond donors (Lipinski definition) is 1. The first-order valence-electron chi connectivity index (χ1n) is 5.99. The van der Waals surface area contributed by atoms with Gasteiger partial charge in [-0.05, 0) is 33.0 Å². The van der Waals surface area contributed by atoms with Gasteiger partial charge in [-0.25, -0.2) is 4.79 Å². The fraction of sp³-hybridized carbons (Fsp3) is 0.538. The third-order valence-corrected chi connectivity index (χ3v) is 2.44. The van der Waals surface area contributed by atoms with Gasteiger partial charge in [0.15, 0.2) is 0 Å². The van der Waals surface area contributed by atoms with Crippen LogP contribution < -0.4 is 5.32 Å². The van der Waals surface area contributed by atoms with E-state index in [9.17, 15) is 9.59 Å². The van der Waals surface area contributed by atoms with Gasteiger partial charge in [-0.3, -0.25) is 4.79 Å². The second-order valence-electron chi connectivity index (χ2n) is 3.65. The van der Waals surface area contributed by atoms with Crippen molar-refractivity contribution in [2.24, 2.45) is 0 Å². The van der Waals surface area contributed by atoms with Crippen molar-refractivity contribution in [3.8, 4) is 0 Å². The molecular formula is C13H22N2O3. The van der Waals surface area contributed by atoms with E-state index < -0.39 is 0 Å². The predicted molar refractivity (Wildman–Crippen MR) is 70.8 cm³/mol.